The second-order valence-corrected chi connectivity index (χ2v) is 23.1. The van der Waals surface area contributed by atoms with E-state index in [0.717, 1.165) is 51.4 Å². The van der Waals surface area contributed by atoms with Gasteiger partial charge in [0.05, 0.1) is 39.9 Å². The lowest BCUT2D eigenvalue weighted by Crippen LogP contribution is -2.45. The lowest BCUT2D eigenvalue weighted by Gasteiger charge is -2.29. The molecule has 0 aromatic heterocycles. The van der Waals surface area contributed by atoms with Crippen molar-refractivity contribution in [3.05, 3.63) is 60.8 Å². The Morgan fingerprint density at radius 3 is 1.24 bits per heavy atom. The quantitative estimate of drug-likeness (QED) is 0.0272. The smallest absolute Gasteiger partial charge is 0.268 e. The Balaban J connectivity index is 4.25. The number of unbranched alkanes of at least 4 members (excludes halogenated alkanes) is 34. The van der Waals surface area contributed by atoms with E-state index in [-0.39, 0.29) is 12.5 Å². The van der Waals surface area contributed by atoms with Crippen LogP contribution in [0.4, 0.5) is 0 Å². The Bertz CT molecular complexity index is 1340. The number of rotatable bonds is 55. The van der Waals surface area contributed by atoms with E-state index in [1.54, 1.807) is 6.08 Å². The Morgan fingerprint density at radius 2 is 0.831 bits per heavy atom. The first-order valence-electron chi connectivity index (χ1n) is 30.2. The van der Waals surface area contributed by atoms with Gasteiger partial charge in [-0.05, 0) is 70.6 Å². The average Bonchev–Trinajstić information content (AvgIpc) is 3.33. The van der Waals surface area contributed by atoms with Crippen molar-refractivity contribution in [2.75, 3.05) is 40.9 Å². The summed E-state index contributed by atoms with van der Waals surface area (Å²) in [4.78, 5) is 25.5. The van der Waals surface area contributed by atoms with Gasteiger partial charge in [-0.1, -0.05) is 261 Å². The van der Waals surface area contributed by atoms with Crippen LogP contribution in [0.3, 0.4) is 0 Å². The molecule has 0 aromatic carbocycles. The summed E-state index contributed by atoms with van der Waals surface area (Å²) in [5.74, 6) is -0.210. The van der Waals surface area contributed by atoms with E-state index >= 15 is 0 Å². The maximum absolute atomic E-state index is 13.0. The number of carbonyl (C=O) groups is 1. The van der Waals surface area contributed by atoms with Crippen LogP contribution in [-0.2, 0) is 18.4 Å². The fraction of sp³-hybridized carbons (Fsp3) is 0.823. The van der Waals surface area contributed by atoms with Crippen molar-refractivity contribution >= 4 is 13.7 Å². The van der Waals surface area contributed by atoms with Gasteiger partial charge in [-0.25, -0.2) is 0 Å². The fourth-order valence-corrected chi connectivity index (χ4v) is 9.43. The van der Waals surface area contributed by atoms with Crippen molar-refractivity contribution in [3.8, 4) is 0 Å². The number of phosphoric ester groups is 1. The van der Waals surface area contributed by atoms with E-state index in [4.69, 9.17) is 9.05 Å². The number of aliphatic hydroxyl groups excluding tert-OH is 1. The first-order valence-corrected chi connectivity index (χ1v) is 31.6. The molecule has 0 saturated carbocycles. The number of carbonyl (C=O) groups excluding carboxylic acids is 1. The first kappa shape index (κ1) is 69.2. The number of nitrogens with zero attached hydrogens (tertiary/aromatic N) is 1. The second kappa shape index (κ2) is 53.0. The third kappa shape index (κ3) is 55.8. The summed E-state index contributed by atoms with van der Waals surface area (Å²) in [7, 11) is 1.24. The monoisotopic (exact) mass is 1020 g/mol. The van der Waals surface area contributed by atoms with Crippen LogP contribution in [0, 0.1) is 0 Å². The molecule has 0 fully saturated rings. The Morgan fingerprint density at radius 1 is 0.493 bits per heavy atom. The van der Waals surface area contributed by atoms with Crippen molar-refractivity contribution in [1.29, 1.82) is 0 Å². The van der Waals surface area contributed by atoms with Gasteiger partial charge in [0.2, 0.25) is 5.91 Å². The zero-order valence-corrected chi connectivity index (χ0v) is 48.3. The van der Waals surface area contributed by atoms with Gasteiger partial charge in [-0.3, -0.25) is 9.36 Å². The summed E-state index contributed by atoms with van der Waals surface area (Å²) < 4.78 is 23.4. The predicted molar refractivity (Wildman–Crippen MR) is 307 cm³/mol. The van der Waals surface area contributed by atoms with Gasteiger partial charge in [-0.15, -0.1) is 0 Å². The summed E-state index contributed by atoms with van der Waals surface area (Å²) in [6.07, 6.45) is 71.6. The van der Waals surface area contributed by atoms with Crippen LogP contribution < -0.4 is 10.2 Å². The lowest BCUT2D eigenvalue weighted by molar-refractivity contribution is -0.870. The molecule has 0 aliphatic heterocycles. The van der Waals surface area contributed by atoms with E-state index in [1.807, 2.05) is 27.2 Å². The van der Waals surface area contributed by atoms with E-state index < -0.39 is 26.6 Å². The molecular weight excluding hydrogens is 900 g/mol. The number of likely N-dealkylation sites (N-methyl/N-ethyl adjacent to an activating group) is 1. The molecule has 0 aliphatic rings. The van der Waals surface area contributed by atoms with Gasteiger partial charge in [0.1, 0.15) is 13.2 Å². The number of allylic oxidation sites excluding steroid dienone is 9. The topological polar surface area (TPSA) is 108 Å². The Labute approximate surface area is 441 Å². The average molecular weight is 1020 g/mol. The van der Waals surface area contributed by atoms with Crippen LogP contribution in [0.2, 0.25) is 0 Å². The molecule has 0 aliphatic carbocycles. The van der Waals surface area contributed by atoms with Crippen LogP contribution >= 0.6 is 7.82 Å². The molecule has 0 radical (unpaired) electrons. The number of aliphatic hydroxyl groups is 1. The maximum Gasteiger partial charge on any atom is 0.268 e. The summed E-state index contributed by atoms with van der Waals surface area (Å²) in [5, 5.41) is 13.9. The standard InChI is InChI=1S/C62H117N2O6P/c1-6-8-10-12-14-16-18-20-22-24-26-28-30-32-34-36-38-40-42-44-46-48-50-52-54-56-62(66)63-60(59-70-71(67,68)69-58-57-64(3,4)5)61(65)55-53-51-49-47-45-43-41-39-37-35-33-31-29-27-25-23-21-19-17-15-13-11-9-7-2/h18,20,24,26,30,32,45,47,53,55,60-61,65H,6-17,19,21-23,25,27-29,31,33-44,46,48-52,54,56-59H2,1-5H3,(H-,63,66,67,68)/b20-18-,26-24-,32-30-,47-45+,55-53+. The summed E-state index contributed by atoms with van der Waals surface area (Å²) >= 11 is 0. The molecule has 71 heavy (non-hydrogen) atoms. The number of quaternary nitrogens is 1. The first-order chi connectivity index (χ1) is 34.5. The van der Waals surface area contributed by atoms with Gasteiger partial charge in [-0.2, -0.15) is 0 Å². The van der Waals surface area contributed by atoms with Crippen molar-refractivity contribution in [3.63, 3.8) is 0 Å². The molecule has 2 N–H and O–H groups in total. The minimum Gasteiger partial charge on any atom is -0.756 e. The van der Waals surface area contributed by atoms with E-state index in [0.29, 0.717) is 17.4 Å². The predicted octanol–water partition coefficient (Wildman–Crippen LogP) is 17.9. The number of hydrogen-bond acceptors (Lipinski definition) is 6. The third-order valence-electron chi connectivity index (χ3n) is 13.4. The molecule has 0 bridgehead atoms. The molecule has 0 rings (SSSR count). The number of phosphoric acid groups is 1. The van der Waals surface area contributed by atoms with Gasteiger partial charge in [0.25, 0.3) is 7.82 Å². The van der Waals surface area contributed by atoms with Crippen LogP contribution in [0.25, 0.3) is 0 Å². The summed E-state index contributed by atoms with van der Waals surface area (Å²) in [5.41, 5.74) is 0. The Hall–Kier alpha value is -1.80. The summed E-state index contributed by atoms with van der Waals surface area (Å²) in [6, 6.07) is -0.909. The van der Waals surface area contributed by atoms with Crippen molar-refractivity contribution in [1.82, 2.24) is 5.32 Å². The van der Waals surface area contributed by atoms with Crippen molar-refractivity contribution in [2.45, 2.75) is 289 Å². The van der Waals surface area contributed by atoms with Crippen LogP contribution in [-0.4, -0.2) is 68.5 Å². The molecule has 3 atom stereocenters. The lowest BCUT2D eigenvalue weighted by atomic mass is 10.0. The van der Waals surface area contributed by atoms with E-state index in [9.17, 15) is 19.4 Å². The normalized spacial score (nSPS) is 14.3. The van der Waals surface area contributed by atoms with Crippen LogP contribution in [0.5, 0.6) is 0 Å². The highest BCUT2D eigenvalue weighted by molar-refractivity contribution is 7.45. The molecule has 0 heterocycles. The van der Waals surface area contributed by atoms with Gasteiger partial charge in [0, 0.05) is 6.42 Å². The van der Waals surface area contributed by atoms with Gasteiger partial charge < -0.3 is 28.8 Å². The van der Waals surface area contributed by atoms with Gasteiger partial charge >= 0.3 is 0 Å². The zero-order chi connectivity index (χ0) is 52.0. The second-order valence-electron chi connectivity index (χ2n) is 21.7. The molecule has 1 amide bonds. The molecule has 416 valence electrons. The number of amides is 1. The minimum atomic E-state index is -4.61. The van der Waals surface area contributed by atoms with Crippen LogP contribution in [0.1, 0.15) is 277 Å². The zero-order valence-electron chi connectivity index (χ0n) is 47.4. The molecular formula is C62H117N2O6P. The van der Waals surface area contributed by atoms with Crippen molar-refractivity contribution < 1.29 is 32.9 Å². The molecule has 3 unspecified atom stereocenters. The largest absolute Gasteiger partial charge is 0.756 e. The molecule has 9 heteroatoms. The minimum absolute atomic E-state index is 0.00873. The van der Waals surface area contributed by atoms with Gasteiger partial charge in [0.15, 0.2) is 0 Å². The SMILES string of the molecule is CCCCCCC/C=C\C/C=C\C/C=C\CCCCCCCCCCCCC(=O)NC(COP(=O)([O-])OCC[N+](C)(C)C)C(O)/C=C/CC/C=C/CCCCCCCCCCCCCCCCCCCC. The molecule has 0 saturated heterocycles. The maximum atomic E-state index is 13.0. The Kier molecular flexibility index (Phi) is 51.7. The number of hydrogen-bond donors (Lipinski definition) is 2. The number of nitrogens with one attached hydrogen (secondary N) is 1. The fourth-order valence-electron chi connectivity index (χ4n) is 8.71. The molecule has 8 nitrogen and oxygen atoms in total. The summed E-state index contributed by atoms with van der Waals surface area (Å²) in [6.45, 7) is 4.64. The molecule has 0 aromatic rings. The third-order valence-corrected chi connectivity index (χ3v) is 14.4. The van der Waals surface area contributed by atoms with Crippen molar-refractivity contribution in [2.24, 2.45) is 0 Å². The van der Waals surface area contributed by atoms with E-state index in [1.165, 1.54) is 205 Å². The molecule has 0 spiro atoms. The van der Waals surface area contributed by atoms with Crippen LogP contribution in [0.15, 0.2) is 60.8 Å². The highest BCUT2D eigenvalue weighted by Crippen LogP contribution is 2.38. The highest BCUT2D eigenvalue weighted by Gasteiger charge is 2.23. The van der Waals surface area contributed by atoms with E-state index in [2.05, 4.69) is 67.8 Å². The highest BCUT2D eigenvalue weighted by atomic mass is 31.2.